The van der Waals surface area contributed by atoms with E-state index in [1.165, 1.54) is 11.3 Å². The van der Waals surface area contributed by atoms with Gasteiger partial charge in [0.25, 0.3) is 0 Å². The highest BCUT2D eigenvalue weighted by atomic mass is 32.2. The second-order valence-electron chi connectivity index (χ2n) is 2.74. The third kappa shape index (κ3) is 2.49. The Morgan fingerprint density at radius 1 is 1.42 bits per heavy atom. The van der Waals surface area contributed by atoms with Crippen molar-refractivity contribution in [3.63, 3.8) is 0 Å². The number of rotatable bonds is 2. The van der Waals surface area contributed by atoms with Gasteiger partial charge in [-0.1, -0.05) is 0 Å². The molecule has 0 aliphatic carbocycles. The van der Waals surface area contributed by atoms with Crippen molar-refractivity contribution in [2.24, 2.45) is 0 Å². The quantitative estimate of drug-likeness (QED) is 0.799. The highest BCUT2D eigenvalue weighted by Gasteiger charge is 2.06. The number of hydrogen-bond acceptors (Lipinski definition) is 3. The van der Waals surface area contributed by atoms with Gasteiger partial charge in [0.15, 0.2) is 0 Å². The summed E-state index contributed by atoms with van der Waals surface area (Å²) in [5.74, 6) is 0. The first kappa shape index (κ1) is 9.54. The lowest BCUT2D eigenvalue weighted by Crippen LogP contribution is -2.08. The van der Waals surface area contributed by atoms with Crippen molar-refractivity contribution in [1.29, 1.82) is 0 Å². The van der Waals surface area contributed by atoms with E-state index in [2.05, 4.69) is 4.72 Å². The summed E-state index contributed by atoms with van der Waals surface area (Å²) in [5, 5.41) is 0.718. The smallest absolute Gasteiger partial charge is 0.230 e. The van der Waals surface area contributed by atoms with E-state index in [0.717, 1.165) is 21.7 Å². The van der Waals surface area contributed by atoms with Gasteiger partial charge in [0.05, 0.1) is 6.26 Å². The number of anilines is 1. The fraction of sp³-hybridized carbons (Fsp3) is 0.429. The molecule has 0 aliphatic rings. The zero-order valence-electron chi connectivity index (χ0n) is 7.21. The van der Waals surface area contributed by atoms with E-state index in [1.807, 2.05) is 19.9 Å². The molecule has 12 heavy (non-hydrogen) atoms. The lowest BCUT2D eigenvalue weighted by atomic mass is 10.3. The Bertz CT molecular complexity index is 378. The van der Waals surface area contributed by atoms with Gasteiger partial charge >= 0.3 is 0 Å². The van der Waals surface area contributed by atoms with Crippen LogP contribution < -0.4 is 4.72 Å². The first-order valence-electron chi connectivity index (χ1n) is 3.43. The second kappa shape index (κ2) is 3.06. The molecule has 3 nitrogen and oxygen atoms in total. The van der Waals surface area contributed by atoms with Gasteiger partial charge in [0, 0.05) is 4.88 Å². The van der Waals surface area contributed by atoms with E-state index >= 15 is 0 Å². The van der Waals surface area contributed by atoms with Gasteiger partial charge in [-0.15, -0.1) is 11.3 Å². The summed E-state index contributed by atoms with van der Waals surface area (Å²) in [5.41, 5.74) is 0.975. The van der Waals surface area contributed by atoms with Gasteiger partial charge in [-0.05, 0) is 25.5 Å². The molecule has 0 saturated heterocycles. The molecule has 0 atom stereocenters. The number of thiophene rings is 1. The topological polar surface area (TPSA) is 46.2 Å². The minimum Gasteiger partial charge on any atom is -0.274 e. The van der Waals surface area contributed by atoms with Crippen LogP contribution in [0.5, 0.6) is 0 Å². The van der Waals surface area contributed by atoms with Crippen molar-refractivity contribution in [1.82, 2.24) is 0 Å². The molecular formula is C7H11NO2S2. The molecule has 1 rings (SSSR count). The molecule has 0 aliphatic heterocycles. The Morgan fingerprint density at radius 2 is 2.00 bits per heavy atom. The molecule has 68 valence electrons. The summed E-state index contributed by atoms with van der Waals surface area (Å²) >= 11 is 1.45. The van der Waals surface area contributed by atoms with Crippen molar-refractivity contribution in [2.45, 2.75) is 13.8 Å². The Kier molecular flexibility index (Phi) is 2.44. The molecular weight excluding hydrogens is 194 g/mol. The third-order valence-electron chi connectivity index (χ3n) is 1.32. The molecule has 0 radical (unpaired) electrons. The summed E-state index contributed by atoms with van der Waals surface area (Å²) in [7, 11) is -3.13. The molecule has 0 amide bonds. The predicted molar refractivity (Wildman–Crippen MR) is 52.3 cm³/mol. The Balaban J connectivity index is 2.97. The van der Waals surface area contributed by atoms with Gasteiger partial charge in [0.2, 0.25) is 10.0 Å². The van der Waals surface area contributed by atoms with E-state index in [1.54, 1.807) is 0 Å². The standard InChI is InChI=1S/C7H11NO2S2/c1-5-4-6(2)11-7(5)8-12(3,9)10/h4,8H,1-3H3. The van der Waals surface area contributed by atoms with E-state index in [4.69, 9.17) is 0 Å². The van der Waals surface area contributed by atoms with E-state index in [0.29, 0.717) is 0 Å². The normalized spacial score (nSPS) is 11.6. The zero-order chi connectivity index (χ0) is 9.35. The Labute approximate surface area is 76.5 Å². The fourth-order valence-corrected chi connectivity index (χ4v) is 2.81. The highest BCUT2D eigenvalue weighted by molar-refractivity contribution is 7.92. The van der Waals surface area contributed by atoms with Crippen molar-refractivity contribution < 1.29 is 8.42 Å². The molecule has 1 heterocycles. The number of aryl methyl sites for hydroxylation is 2. The minimum absolute atomic E-state index is 0.718. The SMILES string of the molecule is Cc1cc(C)c(NS(C)(=O)=O)s1. The van der Waals surface area contributed by atoms with Crippen LogP contribution in [0.2, 0.25) is 0 Å². The first-order valence-corrected chi connectivity index (χ1v) is 6.14. The van der Waals surface area contributed by atoms with Gasteiger partial charge in [-0.25, -0.2) is 8.42 Å². The predicted octanol–water partition coefficient (Wildman–Crippen LogP) is 1.74. The molecule has 1 aromatic rings. The van der Waals surface area contributed by atoms with Gasteiger partial charge in [0.1, 0.15) is 5.00 Å². The van der Waals surface area contributed by atoms with Crippen molar-refractivity contribution in [2.75, 3.05) is 11.0 Å². The first-order chi connectivity index (χ1) is 5.38. The van der Waals surface area contributed by atoms with Crippen LogP contribution in [0.3, 0.4) is 0 Å². The van der Waals surface area contributed by atoms with Crippen LogP contribution in [-0.2, 0) is 10.0 Å². The maximum atomic E-state index is 10.9. The molecule has 0 spiro atoms. The van der Waals surface area contributed by atoms with E-state index < -0.39 is 10.0 Å². The lowest BCUT2D eigenvalue weighted by Gasteiger charge is -2.00. The largest absolute Gasteiger partial charge is 0.274 e. The summed E-state index contributed by atoms with van der Waals surface area (Å²) in [6.45, 7) is 3.84. The number of sulfonamides is 1. The van der Waals surface area contributed by atoms with E-state index in [-0.39, 0.29) is 0 Å². The van der Waals surface area contributed by atoms with Crippen LogP contribution >= 0.6 is 11.3 Å². The van der Waals surface area contributed by atoms with Crippen molar-refractivity contribution in [3.8, 4) is 0 Å². The highest BCUT2D eigenvalue weighted by Crippen LogP contribution is 2.26. The number of hydrogen-bond donors (Lipinski definition) is 1. The van der Waals surface area contributed by atoms with Crippen LogP contribution in [0.25, 0.3) is 0 Å². The van der Waals surface area contributed by atoms with Crippen LogP contribution in [0.4, 0.5) is 5.00 Å². The molecule has 0 unspecified atom stereocenters. The maximum absolute atomic E-state index is 10.9. The Hall–Kier alpha value is -0.550. The summed E-state index contributed by atoms with van der Waals surface area (Å²) < 4.78 is 24.2. The molecule has 0 fully saturated rings. The Morgan fingerprint density at radius 3 is 2.33 bits per heavy atom. The van der Waals surface area contributed by atoms with Crippen molar-refractivity contribution >= 4 is 26.4 Å². The maximum Gasteiger partial charge on any atom is 0.230 e. The molecule has 1 N–H and O–H groups in total. The van der Waals surface area contributed by atoms with E-state index in [9.17, 15) is 8.42 Å². The van der Waals surface area contributed by atoms with Gasteiger partial charge in [-0.3, -0.25) is 4.72 Å². The molecule has 0 saturated carbocycles. The molecule has 0 aromatic carbocycles. The van der Waals surface area contributed by atoms with Gasteiger partial charge in [-0.2, -0.15) is 0 Å². The zero-order valence-corrected chi connectivity index (χ0v) is 8.84. The van der Waals surface area contributed by atoms with Crippen LogP contribution in [-0.4, -0.2) is 14.7 Å². The van der Waals surface area contributed by atoms with Crippen LogP contribution in [0, 0.1) is 13.8 Å². The summed E-state index contributed by atoms with van der Waals surface area (Å²) in [4.78, 5) is 1.11. The minimum atomic E-state index is -3.13. The van der Waals surface area contributed by atoms with Gasteiger partial charge < -0.3 is 0 Å². The fourth-order valence-electron chi connectivity index (χ4n) is 0.911. The average molecular weight is 205 g/mol. The average Bonchev–Trinajstić information content (AvgIpc) is 2.06. The van der Waals surface area contributed by atoms with Crippen LogP contribution in [0.1, 0.15) is 10.4 Å². The molecule has 1 aromatic heterocycles. The third-order valence-corrected chi connectivity index (χ3v) is 3.09. The number of nitrogens with one attached hydrogen (secondary N) is 1. The second-order valence-corrected chi connectivity index (χ2v) is 5.75. The molecule has 0 bridgehead atoms. The summed E-state index contributed by atoms with van der Waals surface area (Å²) in [6.07, 6.45) is 1.15. The monoisotopic (exact) mass is 205 g/mol. The lowest BCUT2D eigenvalue weighted by molar-refractivity contribution is 0.607. The van der Waals surface area contributed by atoms with Crippen LogP contribution in [0.15, 0.2) is 6.07 Å². The molecule has 5 heteroatoms. The van der Waals surface area contributed by atoms with Crippen molar-refractivity contribution in [3.05, 3.63) is 16.5 Å². The summed E-state index contributed by atoms with van der Waals surface area (Å²) in [6, 6.07) is 1.96.